The van der Waals surface area contributed by atoms with Gasteiger partial charge in [-0.15, -0.1) is 0 Å². The lowest BCUT2D eigenvalue weighted by Crippen LogP contribution is -2.82. The van der Waals surface area contributed by atoms with E-state index in [0.717, 1.165) is 5.56 Å². The van der Waals surface area contributed by atoms with Gasteiger partial charge in [-0.1, -0.05) is 30.3 Å². The number of halogens is 2. The van der Waals surface area contributed by atoms with Crippen molar-refractivity contribution in [3.8, 4) is 0 Å². The second-order valence-electron chi connectivity index (χ2n) is 9.30. The minimum atomic E-state index is -2.58. The Morgan fingerprint density at radius 1 is 1.07 bits per heavy atom. The van der Waals surface area contributed by atoms with E-state index >= 15 is 0 Å². The zero-order valence-corrected chi connectivity index (χ0v) is 16.8. The van der Waals surface area contributed by atoms with Crippen molar-refractivity contribution in [1.29, 1.82) is 0 Å². The standard InChI is InChI=1S/C22H27F2N3O3/c23-22(24)8-6-16(7-9-22)25-13-21(14-25)20(30)26(11-15-4-2-1-3-5-15)19(29)18-10-17(28)12-27(18)21/h1-5,16-18,28H,6-14H2. The van der Waals surface area contributed by atoms with Crippen molar-refractivity contribution < 1.29 is 23.5 Å². The number of alkyl halides is 2. The van der Waals surface area contributed by atoms with Crippen LogP contribution in [0.2, 0.25) is 0 Å². The summed E-state index contributed by atoms with van der Waals surface area (Å²) in [5, 5.41) is 10.2. The van der Waals surface area contributed by atoms with E-state index in [9.17, 15) is 23.5 Å². The summed E-state index contributed by atoms with van der Waals surface area (Å²) in [6.45, 7) is 1.39. The molecule has 1 N–H and O–H groups in total. The quantitative estimate of drug-likeness (QED) is 0.755. The molecule has 4 fully saturated rings. The van der Waals surface area contributed by atoms with Gasteiger partial charge in [0.1, 0.15) is 5.54 Å². The second-order valence-corrected chi connectivity index (χ2v) is 9.30. The molecule has 1 aromatic carbocycles. The largest absolute Gasteiger partial charge is 0.392 e. The third kappa shape index (κ3) is 3.16. The van der Waals surface area contributed by atoms with Crippen LogP contribution in [0.1, 0.15) is 37.7 Å². The molecule has 3 heterocycles. The molecule has 8 heteroatoms. The van der Waals surface area contributed by atoms with Gasteiger partial charge in [0.05, 0.1) is 18.7 Å². The lowest BCUT2D eigenvalue weighted by atomic mass is 9.79. The van der Waals surface area contributed by atoms with E-state index in [2.05, 4.69) is 4.90 Å². The highest BCUT2D eigenvalue weighted by atomic mass is 19.3. The van der Waals surface area contributed by atoms with Crippen molar-refractivity contribution in [2.24, 2.45) is 0 Å². The zero-order chi connectivity index (χ0) is 21.1. The zero-order valence-electron chi connectivity index (χ0n) is 16.8. The number of likely N-dealkylation sites (tertiary alicyclic amines) is 1. The molecule has 1 spiro atoms. The highest BCUT2D eigenvalue weighted by Crippen LogP contribution is 2.44. The summed E-state index contributed by atoms with van der Waals surface area (Å²) >= 11 is 0. The molecule has 2 atom stereocenters. The van der Waals surface area contributed by atoms with E-state index in [-0.39, 0.29) is 37.2 Å². The van der Waals surface area contributed by atoms with Crippen LogP contribution >= 0.6 is 0 Å². The van der Waals surface area contributed by atoms with Crippen LogP contribution in [0.4, 0.5) is 8.78 Å². The highest BCUT2D eigenvalue weighted by Gasteiger charge is 2.65. The maximum Gasteiger partial charge on any atom is 0.252 e. The number of aliphatic hydroxyl groups excluding tert-OH is 1. The maximum atomic E-state index is 13.6. The van der Waals surface area contributed by atoms with Gasteiger partial charge in [0.25, 0.3) is 5.91 Å². The molecule has 30 heavy (non-hydrogen) atoms. The molecule has 3 saturated heterocycles. The first kappa shape index (κ1) is 20.0. The summed E-state index contributed by atoms with van der Waals surface area (Å²) in [6.07, 6.45) is 0.320. The Balaban J connectivity index is 1.37. The number of carbonyl (C=O) groups is 2. The first-order valence-corrected chi connectivity index (χ1v) is 10.8. The van der Waals surface area contributed by atoms with Gasteiger partial charge < -0.3 is 5.11 Å². The molecule has 3 aliphatic heterocycles. The average molecular weight is 419 g/mol. The third-order valence-corrected chi connectivity index (χ3v) is 7.34. The number of β-amino-alcohol motifs (C(OH)–C–C–N with tert-alkyl or cyclic N) is 1. The SMILES string of the molecule is O=C1C2CC(O)CN2C2(CN(C3CCC(F)(F)CC3)C2)C(=O)N1Cc1ccccc1. The van der Waals surface area contributed by atoms with Crippen LogP contribution in [0, 0.1) is 0 Å². The minimum Gasteiger partial charge on any atom is -0.392 e. The number of hydrogen-bond acceptors (Lipinski definition) is 5. The molecular formula is C22H27F2N3O3. The Hall–Kier alpha value is -1.90. The molecule has 6 nitrogen and oxygen atoms in total. The van der Waals surface area contributed by atoms with E-state index in [4.69, 9.17) is 0 Å². The number of benzene rings is 1. The predicted molar refractivity (Wildman–Crippen MR) is 105 cm³/mol. The Bertz CT molecular complexity index is 833. The first-order valence-electron chi connectivity index (χ1n) is 10.8. The summed E-state index contributed by atoms with van der Waals surface area (Å²) in [6, 6.07) is 8.96. The molecule has 2 unspecified atom stereocenters. The molecule has 1 aliphatic carbocycles. The number of amides is 2. The molecule has 162 valence electrons. The summed E-state index contributed by atoms with van der Waals surface area (Å²) in [4.78, 5) is 32.0. The molecule has 0 bridgehead atoms. The Morgan fingerprint density at radius 2 is 1.73 bits per heavy atom. The molecule has 5 rings (SSSR count). The summed E-state index contributed by atoms with van der Waals surface area (Å²) in [5.41, 5.74) is 0.0391. The number of hydrogen-bond donors (Lipinski definition) is 1. The fourth-order valence-electron chi connectivity index (χ4n) is 5.68. The summed E-state index contributed by atoms with van der Waals surface area (Å²) in [7, 11) is 0. The molecule has 1 saturated carbocycles. The lowest BCUT2D eigenvalue weighted by Gasteiger charge is -2.60. The molecule has 4 aliphatic rings. The van der Waals surface area contributed by atoms with Crippen molar-refractivity contribution in [2.75, 3.05) is 19.6 Å². The summed E-state index contributed by atoms with van der Waals surface area (Å²) < 4.78 is 27.1. The van der Waals surface area contributed by atoms with Crippen molar-refractivity contribution in [3.63, 3.8) is 0 Å². The van der Waals surface area contributed by atoms with Crippen molar-refractivity contribution in [3.05, 3.63) is 35.9 Å². The molecule has 0 radical (unpaired) electrons. The average Bonchev–Trinajstić information content (AvgIpc) is 3.08. The maximum absolute atomic E-state index is 13.6. The minimum absolute atomic E-state index is 0.0502. The Kier molecular flexibility index (Phi) is 4.72. The number of nitrogens with zero attached hydrogens (tertiary/aromatic N) is 3. The predicted octanol–water partition coefficient (Wildman–Crippen LogP) is 1.62. The molecular weight excluding hydrogens is 392 g/mol. The van der Waals surface area contributed by atoms with Crippen LogP contribution in [0.3, 0.4) is 0 Å². The molecule has 2 amide bonds. The van der Waals surface area contributed by atoms with E-state index in [0.29, 0.717) is 38.9 Å². The van der Waals surface area contributed by atoms with Crippen LogP contribution in [-0.2, 0) is 16.1 Å². The van der Waals surface area contributed by atoms with Gasteiger partial charge in [-0.05, 0) is 24.8 Å². The van der Waals surface area contributed by atoms with Crippen molar-refractivity contribution in [1.82, 2.24) is 14.7 Å². The number of fused-ring (bicyclic) bond motifs is 2. The van der Waals surface area contributed by atoms with Gasteiger partial charge in [0.2, 0.25) is 11.8 Å². The van der Waals surface area contributed by atoms with Crippen LogP contribution in [0.25, 0.3) is 0 Å². The smallest absolute Gasteiger partial charge is 0.252 e. The van der Waals surface area contributed by atoms with E-state index in [1.807, 2.05) is 35.2 Å². The number of carbonyl (C=O) groups excluding carboxylic acids is 2. The monoisotopic (exact) mass is 419 g/mol. The van der Waals surface area contributed by atoms with Crippen molar-refractivity contribution in [2.45, 2.75) is 68.3 Å². The van der Waals surface area contributed by atoms with Crippen LogP contribution in [0.5, 0.6) is 0 Å². The van der Waals surface area contributed by atoms with Crippen LogP contribution in [0.15, 0.2) is 30.3 Å². The lowest BCUT2D eigenvalue weighted by molar-refractivity contribution is -0.185. The number of aliphatic hydroxyl groups is 1. The van der Waals surface area contributed by atoms with Crippen LogP contribution < -0.4 is 0 Å². The Labute approximate surface area is 174 Å². The van der Waals surface area contributed by atoms with Gasteiger partial charge in [0.15, 0.2) is 0 Å². The van der Waals surface area contributed by atoms with Gasteiger partial charge >= 0.3 is 0 Å². The topological polar surface area (TPSA) is 64.1 Å². The van der Waals surface area contributed by atoms with Gasteiger partial charge in [-0.2, -0.15) is 0 Å². The normalized spacial score (nSPS) is 31.8. The Morgan fingerprint density at radius 3 is 2.40 bits per heavy atom. The van der Waals surface area contributed by atoms with E-state index in [1.54, 1.807) is 0 Å². The van der Waals surface area contributed by atoms with E-state index < -0.39 is 23.6 Å². The molecule has 1 aromatic rings. The van der Waals surface area contributed by atoms with E-state index in [1.165, 1.54) is 4.90 Å². The number of piperazine rings is 1. The van der Waals surface area contributed by atoms with Crippen LogP contribution in [-0.4, -0.2) is 80.9 Å². The van der Waals surface area contributed by atoms with Gasteiger partial charge in [-0.25, -0.2) is 8.78 Å². The molecule has 0 aromatic heterocycles. The first-order chi connectivity index (χ1) is 14.3. The third-order valence-electron chi connectivity index (χ3n) is 7.34. The van der Waals surface area contributed by atoms with Crippen molar-refractivity contribution >= 4 is 11.8 Å². The summed E-state index contributed by atoms with van der Waals surface area (Å²) in [5.74, 6) is -3.05. The second kappa shape index (κ2) is 7.07. The fourth-order valence-corrected chi connectivity index (χ4v) is 5.68. The number of rotatable bonds is 3. The van der Waals surface area contributed by atoms with Gasteiger partial charge in [-0.3, -0.25) is 24.3 Å². The number of imide groups is 1. The fraction of sp³-hybridized carbons (Fsp3) is 0.636. The highest BCUT2D eigenvalue weighted by molar-refractivity contribution is 6.06. The van der Waals surface area contributed by atoms with Gasteiger partial charge in [0, 0.05) is 38.5 Å².